The molecule has 2 aromatic rings. The van der Waals surface area contributed by atoms with E-state index in [1.807, 2.05) is 25.2 Å². The highest BCUT2D eigenvalue weighted by Gasteiger charge is 2.23. The summed E-state index contributed by atoms with van der Waals surface area (Å²) in [7, 11) is 1.88. The van der Waals surface area contributed by atoms with E-state index in [0.717, 1.165) is 29.9 Å². The maximum atomic E-state index is 6.39. The van der Waals surface area contributed by atoms with Gasteiger partial charge in [0.1, 0.15) is 17.5 Å². The molecule has 0 amide bonds. The number of nitrogens with one attached hydrogen (secondary N) is 3. The maximum absolute atomic E-state index is 6.39. The molecule has 0 radical (unpaired) electrons. The van der Waals surface area contributed by atoms with E-state index < -0.39 is 0 Å². The lowest BCUT2D eigenvalue weighted by molar-refractivity contribution is -0.289. The predicted molar refractivity (Wildman–Crippen MR) is 126 cm³/mol. The van der Waals surface area contributed by atoms with Gasteiger partial charge in [-0.05, 0) is 37.2 Å². The number of fused-ring (bicyclic) bond motifs is 1. The van der Waals surface area contributed by atoms with Crippen LogP contribution < -0.4 is 27.4 Å². The Morgan fingerprint density at radius 3 is 2.68 bits per heavy atom. The molecule has 1 unspecified atom stereocenters. The van der Waals surface area contributed by atoms with Crippen molar-refractivity contribution in [2.75, 3.05) is 20.1 Å². The second kappa shape index (κ2) is 10.6. The Kier molecular flexibility index (Phi) is 7.85. The number of nitrogens with zero attached hydrogens (tertiary/aromatic N) is 1. The SMILES string of the molecule is CCC1N=C(N/C(N)=C/C(=C(\N)NCCNC)c2ccc(Cl)cc2[ClH+])c2ccccc21. The molecular formula is C23H29Cl2N6+. The molecule has 1 aliphatic heterocycles. The van der Waals surface area contributed by atoms with Crippen molar-refractivity contribution in [1.82, 2.24) is 16.0 Å². The summed E-state index contributed by atoms with van der Waals surface area (Å²) in [4.78, 5) is 4.80. The lowest BCUT2D eigenvalue weighted by atomic mass is 10.0. The molecule has 1 atom stereocenters. The quantitative estimate of drug-likeness (QED) is 0.308. The first-order chi connectivity index (χ1) is 14.9. The summed E-state index contributed by atoms with van der Waals surface area (Å²) in [6.45, 7) is 3.54. The summed E-state index contributed by atoms with van der Waals surface area (Å²) in [6.07, 6.45) is 2.70. The minimum atomic E-state index is 0.130. The van der Waals surface area contributed by atoms with E-state index in [0.29, 0.717) is 33.8 Å². The number of halogens is 2. The number of amidine groups is 1. The fourth-order valence-electron chi connectivity index (χ4n) is 3.47. The van der Waals surface area contributed by atoms with Gasteiger partial charge in [0.15, 0.2) is 11.6 Å². The average Bonchev–Trinajstić information content (AvgIpc) is 3.10. The van der Waals surface area contributed by atoms with Gasteiger partial charge in [0.25, 0.3) is 0 Å². The largest absolute Gasteiger partial charge is 0.385 e. The van der Waals surface area contributed by atoms with Gasteiger partial charge in [0.2, 0.25) is 5.02 Å². The number of allylic oxidation sites excluding steroid dienone is 2. The third kappa shape index (κ3) is 5.53. The standard InChI is InChI=1S/C23H29Cl2N6/c1-3-20-16-6-4-5-7-17(16)23(30-20)31-21(26)13-18(22(27)29-11-10-28-2)15-9-8-14(24)12-19(15)25/h4-9,12-13,20,25,28-29H,3,10-11,26-27H2,1-2H3,(H,30,31)/q+1/b21-13+,22-18-. The molecule has 6 nitrogen and oxygen atoms in total. The second-order valence-electron chi connectivity index (χ2n) is 7.21. The fraction of sp³-hybridized carbons (Fsp3) is 0.261. The van der Waals surface area contributed by atoms with Crippen LogP contribution in [0.2, 0.25) is 10.0 Å². The van der Waals surface area contributed by atoms with Crippen LogP contribution in [-0.4, -0.2) is 26.0 Å². The van der Waals surface area contributed by atoms with E-state index in [9.17, 15) is 0 Å². The predicted octanol–water partition coefficient (Wildman–Crippen LogP) is 2.77. The van der Waals surface area contributed by atoms with Crippen LogP contribution in [0.1, 0.15) is 36.1 Å². The zero-order chi connectivity index (χ0) is 22.4. The van der Waals surface area contributed by atoms with Crippen molar-refractivity contribution in [3.8, 4) is 0 Å². The van der Waals surface area contributed by atoms with Crippen molar-refractivity contribution in [2.45, 2.75) is 19.4 Å². The summed E-state index contributed by atoms with van der Waals surface area (Å²) >= 11 is 11.6. The van der Waals surface area contributed by atoms with Crippen LogP contribution in [-0.2, 0) is 0 Å². The molecule has 0 fully saturated rings. The van der Waals surface area contributed by atoms with Gasteiger partial charge in [-0.25, -0.2) is 0 Å². The lowest BCUT2D eigenvalue weighted by Gasteiger charge is -2.13. The van der Waals surface area contributed by atoms with Crippen molar-refractivity contribution in [3.63, 3.8) is 0 Å². The summed E-state index contributed by atoms with van der Waals surface area (Å²) in [5.74, 6) is 1.66. The van der Waals surface area contributed by atoms with Crippen molar-refractivity contribution in [1.29, 1.82) is 0 Å². The Bertz CT molecular complexity index is 1030. The molecule has 31 heavy (non-hydrogen) atoms. The molecule has 0 saturated heterocycles. The number of nitrogens with two attached hydrogens (primary N) is 2. The zero-order valence-corrected chi connectivity index (χ0v) is 19.3. The Balaban J connectivity index is 1.94. The Hall–Kier alpha value is -2.67. The summed E-state index contributed by atoms with van der Waals surface area (Å²) < 4.78 is 0. The van der Waals surface area contributed by atoms with Crippen LogP contribution in [0.4, 0.5) is 0 Å². The summed E-state index contributed by atoms with van der Waals surface area (Å²) in [5, 5.41) is 10.7. The van der Waals surface area contributed by atoms with Crippen LogP contribution in [0.3, 0.4) is 0 Å². The molecular weight excluding hydrogens is 431 g/mol. The molecule has 0 spiro atoms. The van der Waals surface area contributed by atoms with Crippen molar-refractivity contribution in [3.05, 3.63) is 86.9 Å². The second-order valence-corrected chi connectivity index (χ2v) is 8.09. The Morgan fingerprint density at radius 2 is 1.97 bits per heavy atom. The molecule has 0 saturated carbocycles. The van der Waals surface area contributed by atoms with Crippen LogP contribution >= 0.6 is 11.6 Å². The van der Waals surface area contributed by atoms with E-state index in [4.69, 9.17) is 39.7 Å². The van der Waals surface area contributed by atoms with Gasteiger partial charge in [0.05, 0.1) is 11.6 Å². The maximum Gasteiger partial charge on any atom is 0.235 e. The molecule has 7 N–H and O–H groups in total. The van der Waals surface area contributed by atoms with E-state index >= 15 is 0 Å². The number of likely N-dealkylation sites (N-methyl/N-ethyl adjacent to an activating group) is 1. The number of benzene rings is 2. The number of hydrogen-bond donors (Lipinski definition) is 5. The smallest absolute Gasteiger partial charge is 0.235 e. The van der Waals surface area contributed by atoms with E-state index in [1.165, 1.54) is 5.56 Å². The number of hydrogen-bond acceptors (Lipinski definition) is 6. The van der Waals surface area contributed by atoms with Gasteiger partial charge >= 0.3 is 0 Å². The van der Waals surface area contributed by atoms with Gasteiger partial charge < -0.3 is 27.4 Å². The van der Waals surface area contributed by atoms with Gasteiger partial charge in [-0.3, -0.25) is 4.99 Å². The highest BCUT2D eigenvalue weighted by Crippen LogP contribution is 2.31. The van der Waals surface area contributed by atoms with E-state index in [-0.39, 0.29) is 6.04 Å². The van der Waals surface area contributed by atoms with Gasteiger partial charge in [-0.15, -0.1) is 0 Å². The third-order valence-electron chi connectivity index (χ3n) is 5.02. The normalized spacial score (nSPS) is 16.5. The minimum absolute atomic E-state index is 0.130. The molecule has 8 heteroatoms. The van der Waals surface area contributed by atoms with Crippen molar-refractivity contribution < 1.29 is 11.6 Å². The van der Waals surface area contributed by atoms with Crippen LogP contribution in [0.15, 0.2) is 65.2 Å². The topological polar surface area (TPSA) is 100 Å². The first-order valence-electron chi connectivity index (χ1n) is 10.2. The molecule has 0 aliphatic carbocycles. The molecule has 0 bridgehead atoms. The van der Waals surface area contributed by atoms with E-state index in [1.54, 1.807) is 18.2 Å². The van der Waals surface area contributed by atoms with E-state index in [2.05, 4.69) is 35.0 Å². The Morgan fingerprint density at radius 1 is 1.19 bits per heavy atom. The van der Waals surface area contributed by atoms with Crippen molar-refractivity contribution >= 4 is 23.0 Å². The highest BCUT2D eigenvalue weighted by molar-refractivity contribution is 6.30. The summed E-state index contributed by atoms with van der Waals surface area (Å²) in [6, 6.07) is 13.7. The monoisotopic (exact) mass is 459 g/mol. The van der Waals surface area contributed by atoms with Gasteiger partial charge in [-0.1, -0.05) is 42.8 Å². The zero-order valence-electron chi connectivity index (χ0n) is 17.7. The van der Waals surface area contributed by atoms with Gasteiger partial charge in [0, 0.05) is 35.3 Å². The molecule has 1 aliphatic rings. The first kappa shape index (κ1) is 23.0. The van der Waals surface area contributed by atoms with Crippen LogP contribution in [0.5, 0.6) is 0 Å². The molecule has 3 rings (SSSR count). The first-order valence-corrected chi connectivity index (χ1v) is 11.0. The fourth-order valence-corrected chi connectivity index (χ4v) is 4.02. The molecule has 0 aromatic heterocycles. The van der Waals surface area contributed by atoms with Crippen molar-refractivity contribution in [2.24, 2.45) is 16.5 Å². The van der Waals surface area contributed by atoms with Crippen LogP contribution in [0.25, 0.3) is 5.57 Å². The average molecular weight is 460 g/mol. The minimum Gasteiger partial charge on any atom is -0.385 e. The highest BCUT2D eigenvalue weighted by atomic mass is 35.5. The molecule has 1 heterocycles. The lowest BCUT2D eigenvalue weighted by Crippen LogP contribution is -2.30. The molecule has 164 valence electrons. The number of aliphatic imine (C=N–C) groups is 1. The Labute approximate surface area is 193 Å². The van der Waals surface area contributed by atoms with Crippen LogP contribution in [0, 0.1) is 11.6 Å². The van der Waals surface area contributed by atoms with Gasteiger partial charge in [-0.2, -0.15) is 0 Å². The third-order valence-corrected chi connectivity index (χ3v) is 5.60. The summed E-state index contributed by atoms with van der Waals surface area (Å²) in [5.41, 5.74) is 16.5. The number of rotatable bonds is 8. The molecule has 2 aromatic carbocycles.